The van der Waals surface area contributed by atoms with Crippen LogP contribution in [0, 0.1) is 11.3 Å². The number of carbonyl (C=O) groups is 1. The van der Waals surface area contributed by atoms with E-state index >= 15 is 0 Å². The molecule has 9 heteroatoms. The Hall–Kier alpha value is -3.51. The van der Waals surface area contributed by atoms with Gasteiger partial charge in [0.15, 0.2) is 11.6 Å². The second kappa shape index (κ2) is 8.24. The zero-order valence-corrected chi connectivity index (χ0v) is 15.8. The average Bonchev–Trinajstić information content (AvgIpc) is 3.17. The van der Waals surface area contributed by atoms with Crippen LogP contribution in [0.4, 0.5) is 11.5 Å². The molecule has 148 valence electrons. The molecule has 0 saturated heterocycles. The van der Waals surface area contributed by atoms with Crippen LogP contribution in [0.1, 0.15) is 37.7 Å². The molecular formula is C20H21N7O2. The number of rotatable bonds is 1. The van der Waals surface area contributed by atoms with Crippen molar-refractivity contribution in [2.45, 2.75) is 38.2 Å². The van der Waals surface area contributed by atoms with Gasteiger partial charge in [-0.05, 0) is 25.0 Å². The highest BCUT2D eigenvalue weighted by atomic mass is 16.3. The number of anilines is 2. The van der Waals surface area contributed by atoms with Crippen molar-refractivity contribution < 1.29 is 9.90 Å². The molecule has 3 N–H and O–H groups in total. The monoisotopic (exact) mass is 391 g/mol. The first-order valence-electron chi connectivity index (χ1n) is 9.61. The molecule has 0 atom stereocenters. The lowest BCUT2D eigenvalue weighted by Gasteiger charge is -2.17. The Labute approximate surface area is 167 Å². The maximum atomic E-state index is 11.3. The zero-order valence-electron chi connectivity index (χ0n) is 15.8. The average molecular weight is 391 g/mol. The molecular weight excluding hydrogens is 370 g/mol. The lowest BCUT2D eigenvalue weighted by atomic mass is 9.98. The summed E-state index contributed by atoms with van der Waals surface area (Å²) in [5, 5.41) is 27.8. The van der Waals surface area contributed by atoms with E-state index in [0.717, 1.165) is 23.9 Å². The smallest absolute Gasteiger partial charge is 0.243 e. The Bertz CT molecular complexity index is 1080. The van der Waals surface area contributed by atoms with Gasteiger partial charge in [-0.25, -0.2) is 14.5 Å². The maximum Gasteiger partial charge on any atom is 0.243 e. The molecule has 0 bridgehead atoms. The Balaban J connectivity index is 0.000000249. The van der Waals surface area contributed by atoms with Gasteiger partial charge in [0, 0.05) is 6.20 Å². The van der Waals surface area contributed by atoms with Gasteiger partial charge in [0.1, 0.15) is 5.69 Å². The molecule has 3 aromatic rings. The van der Waals surface area contributed by atoms with Crippen LogP contribution in [0.3, 0.4) is 0 Å². The van der Waals surface area contributed by atoms with Crippen LogP contribution in [0.15, 0.2) is 30.7 Å². The van der Waals surface area contributed by atoms with Crippen LogP contribution in [0.25, 0.3) is 16.9 Å². The van der Waals surface area contributed by atoms with Crippen LogP contribution in [-0.2, 0) is 4.79 Å². The number of hydrogen-bond donors (Lipinski definition) is 3. The number of aliphatic hydroxyl groups excluding tert-OH is 1. The number of nitrogens with zero attached hydrogens (tertiary/aromatic N) is 5. The van der Waals surface area contributed by atoms with E-state index < -0.39 is 0 Å². The quantitative estimate of drug-likeness (QED) is 0.581. The van der Waals surface area contributed by atoms with Crippen molar-refractivity contribution in [2.24, 2.45) is 0 Å². The Morgan fingerprint density at radius 2 is 2.07 bits per heavy atom. The summed E-state index contributed by atoms with van der Waals surface area (Å²) < 4.78 is 1.66. The fourth-order valence-corrected chi connectivity index (χ4v) is 3.40. The molecule has 0 aromatic carbocycles. The first kappa shape index (κ1) is 18.8. The van der Waals surface area contributed by atoms with Crippen LogP contribution in [-0.4, -0.2) is 43.2 Å². The van der Waals surface area contributed by atoms with Crippen LogP contribution in [0.5, 0.6) is 0 Å². The SMILES string of the molecule is N#Cc1ccn2ncc(-c3ncc4c(n3)NCC(=O)N4)c2c1.OC1CCCCC1. The van der Waals surface area contributed by atoms with E-state index in [0.29, 0.717) is 22.9 Å². The van der Waals surface area contributed by atoms with Gasteiger partial charge in [0.05, 0.1) is 47.8 Å². The molecule has 9 nitrogen and oxygen atoms in total. The largest absolute Gasteiger partial charge is 0.393 e. The summed E-state index contributed by atoms with van der Waals surface area (Å²) in [6, 6.07) is 5.53. The van der Waals surface area contributed by atoms with Crippen molar-refractivity contribution in [3.63, 3.8) is 0 Å². The minimum atomic E-state index is -0.126. The van der Waals surface area contributed by atoms with Gasteiger partial charge in [-0.3, -0.25) is 4.79 Å². The molecule has 4 heterocycles. The summed E-state index contributed by atoms with van der Waals surface area (Å²) in [6.45, 7) is 0.177. The lowest BCUT2D eigenvalue weighted by Crippen LogP contribution is -2.28. The molecule has 0 radical (unpaired) electrons. The Morgan fingerprint density at radius 3 is 2.79 bits per heavy atom. The summed E-state index contributed by atoms with van der Waals surface area (Å²) in [5.41, 5.74) is 2.56. The third kappa shape index (κ3) is 4.17. The standard InChI is InChI=1S/C14H9N7O.C6H12O/c15-4-8-1-2-21-11(3-8)9(5-18-21)13-16-6-10-14(20-13)17-7-12(22)19-10;7-6-4-2-1-3-5-6/h1-3,5-6H,7H2,(H,19,22)(H,16,17,20);6-7H,1-5H2. The first-order valence-corrected chi connectivity index (χ1v) is 9.61. The van der Waals surface area contributed by atoms with Crippen molar-refractivity contribution in [1.29, 1.82) is 5.26 Å². The van der Waals surface area contributed by atoms with Crippen molar-refractivity contribution >= 4 is 22.9 Å². The highest BCUT2D eigenvalue weighted by Crippen LogP contribution is 2.27. The van der Waals surface area contributed by atoms with Gasteiger partial charge in [0.25, 0.3) is 0 Å². The number of nitriles is 1. The van der Waals surface area contributed by atoms with E-state index in [2.05, 4.69) is 31.8 Å². The molecule has 1 amide bonds. The van der Waals surface area contributed by atoms with Gasteiger partial charge in [-0.2, -0.15) is 10.4 Å². The number of nitrogens with one attached hydrogen (secondary N) is 2. The summed E-state index contributed by atoms with van der Waals surface area (Å²) in [4.78, 5) is 20.0. The second-order valence-corrected chi connectivity index (χ2v) is 7.06. The molecule has 1 aliphatic carbocycles. The number of fused-ring (bicyclic) bond motifs is 2. The fourth-order valence-electron chi connectivity index (χ4n) is 3.40. The van der Waals surface area contributed by atoms with Gasteiger partial charge in [0.2, 0.25) is 5.91 Å². The van der Waals surface area contributed by atoms with Crippen LogP contribution >= 0.6 is 0 Å². The van der Waals surface area contributed by atoms with Crippen molar-refractivity contribution in [3.8, 4) is 17.5 Å². The number of hydrogen-bond acceptors (Lipinski definition) is 7. The predicted octanol–water partition coefficient (Wildman–Crippen LogP) is 2.34. The van der Waals surface area contributed by atoms with E-state index in [1.165, 1.54) is 19.3 Å². The maximum absolute atomic E-state index is 11.3. The van der Waals surface area contributed by atoms with E-state index in [9.17, 15) is 4.79 Å². The van der Waals surface area contributed by atoms with Gasteiger partial charge >= 0.3 is 0 Å². The van der Waals surface area contributed by atoms with Crippen molar-refractivity contribution in [3.05, 3.63) is 36.3 Å². The lowest BCUT2D eigenvalue weighted by molar-refractivity contribution is -0.114. The minimum absolute atomic E-state index is 0.0359. The van der Waals surface area contributed by atoms with Gasteiger partial charge < -0.3 is 15.7 Å². The van der Waals surface area contributed by atoms with E-state index in [1.54, 1.807) is 35.2 Å². The predicted molar refractivity (Wildman–Crippen MR) is 107 cm³/mol. The van der Waals surface area contributed by atoms with E-state index in [4.69, 9.17) is 10.4 Å². The molecule has 1 aliphatic heterocycles. The number of amides is 1. The molecule has 2 aliphatic rings. The number of aromatic nitrogens is 4. The summed E-state index contributed by atoms with van der Waals surface area (Å²) in [7, 11) is 0. The van der Waals surface area contributed by atoms with Crippen LogP contribution in [0.2, 0.25) is 0 Å². The summed E-state index contributed by atoms with van der Waals surface area (Å²) >= 11 is 0. The third-order valence-corrected chi connectivity index (χ3v) is 4.95. The first-order chi connectivity index (χ1) is 14.1. The topological polar surface area (TPSA) is 128 Å². The minimum Gasteiger partial charge on any atom is -0.393 e. The second-order valence-electron chi connectivity index (χ2n) is 7.06. The van der Waals surface area contributed by atoms with Gasteiger partial charge in [-0.15, -0.1) is 0 Å². The van der Waals surface area contributed by atoms with Crippen molar-refractivity contribution in [2.75, 3.05) is 17.2 Å². The molecule has 0 spiro atoms. The van der Waals surface area contributed by atoms with Crippen molar-refractivity contribution in [1.82, 2.24) is 19.6 Å². The van der Waals surface area contributed by atoms with Gasteiger partial charge in [-0.1, -0.05) is 19.3 Å². The molecule has 0 unspecified atom stereocenters. The van der Waals surface area contributed by atoms with E-state index in [-0.39, 0.29) is 18.6 Å². The molecule has 1 saturated carbocycles. The zero-order chi connectivity index (χ0) is 20.2. The number of carbonyl (C=O) groups excluding carboxylic acids is 1. The Kier molecular flexibility index (Phi) is 5.35. The van der Waals surface area contributed by atoms with Crippen LogP contribution < -0.4 is 10.6 Å². The third-order valence-electron chi connectivity index (χ3n) is 4.95. The summed E-state index contributed by atoms with van der Waals surface area (Å²) in [6.07, 6.45) is 10.8. The number of aliphatic hydroxyl groups is 1. The summed E-state index contributed by atoms with van der Waals surface area (Å²) in [5.74, 6) is 0.923. The highest BCUT2D eigenvalue weighted by molar-refractivity contribution is 5.99. The molecule has 5 rings (SSSR count). The van der Waals surface area contributed by atoms with E-state index in [1.807, 2.05) is 0 Å². The number of pyridine rings is 1. The molecule has 1 fully saturated rings. The molecule has 3 aromatic heterocycles. The normalized spacial score (nSPS) is 16.1. The highest BCUT2D eigenvalue weighted by Gasteiger charge is 2.18. The fraction of sp³-hybridized carbons (Fsp3) is 0.350. The Morgan fingerprint density at radius 1 is 1.24 bits per heavy atom. The molecule has 29 heavy (non-hydrogen) atoms.